The summed E-state index contributed by atoms with van der Waals surface area (Å²) in [6.07, 6.45) is 6.01. The number of nitrogens with one attached hydrogen (secondary N) is 1. The maximum Gasteiger partial charge on any atom is 0.262 e. The first-order valence-corrected chi connectivity index (χ1v) is 11.7. The highest BCUT2D eigenvalue weighted by Crippen LogP contribution is 2.31. The summed E-state index contributed by atoms with van der Waals surface area (Å²) in [6.45, 7) is 2.51. The number of benzene rings is 3. The molecule has 0 unspecified atom stereocenters. The van der Waals surface area contributed by atoms with Crippen LogP contribution in [0.1, 0.15) is 43.7 Å². The zero-order valence-corrected chi connectivity index (χ0v) is 19.4. The van der Waals surface area contributed by atoms with Gasteiger partial charge in [0.1, 0.15) is 24.0 Å². The van der Waals surface area contributed by atoms with Gasteiger partial charge in [0.05, 0.1) is 0 Å². The average molecular weight is 459 g/mol. The molecule has 1 N–H and O–H groups in total. The van der Waals surface area contributed by atoms with Crippen molar-refractivity contribution < 1.29 is 9.53 Å². The predicted octanol–water partition coefficient (Wildman–Crippen LogP) is 6.67. The van der Waals surface area contributed by atoms with E-state index in [9.17, 15) is 10.1 Å². The van der Waals surface area contributed by atoms with E-state index in [2.05, 4.69) is 18.3 Å². The van der Waals surface area contributed by atoms with Crippen LogP contribution in [-0.2, 0) is 11.4 Å². The van der Waals surface area contributed by atoms with Crippen LogP contribution in [-0.4, -0.2) is 11.9 Å². The second-order valence-corrected chi connectivity index (χ2v) is 9.06. The van der Waals surface area contributed by atoms with Crippen LogP contribution in [0.25, 0.3) is 16.8 Å². The molecule has 33 heavy (non-hydrogen) atoms. The van der Waals surface area contributed by atoms with Gasteiger partial charge >= 0.3 is 0 Å². The van der Waals surface area contributed by atoms with Gasteiger partial charge < -0.3 is 10.1 Å². The Balaban J connectivity index is 1.65. The van der Waals surface area contributed by atoms with Gasteiger partial charge in [-0.1, -0.05) is 73.8 Å². The number of amides is 1. The molecule has 0 aromatic heterocycles. The van der Waals surface area contributed by atoms with Crippen molar-refractivity contribution in [3.8, 4) is 11.8 Å². The molecule has 5 heteroatoms. The largest absolute Gasteiger partial charge is 0.488 e. The molecule has 1 aliphatic carbocycles. The van der Waals surface area contributed by atoms with Gasteiger partial charge in [-0.15, -0.1) is 0 Å². The molecule has 1 amide bonds. The normalized spacial score (nSPS) is 18.5. The lowest BCUT2D eigenvalue weighted by Gasteiger charge is -2.29. The van der Waals surface area contributed by atoms with Crippen molar-refractivity contribution in [2.24, 2.45) is 5.92 Å². The summed E-state index contributed by atoms with van der Waals surface area (Å²) in [7, 11) is 0. The molecule has 1 aliphatic rings. The maximum atomic E-state index is 13.0. The van der Waals surface area contributed by atoms with Crippen molar-refractivity contribution in [3.63, 3.8) is 0 Å². The number of rotatable bonds is 6. The van der Waals surface area contributed by atoms with Gasteiger partial charge in [0.15, 0.2) is 0 Å². The Hall–Kier alpha value is -3.29. The smallest absolute Gasteiger partial charge is 0.262 e. The highest BCUT2D eigenvalue weighted by atomic mass is 35.5. The van der Waals surface area contributed by atoms with Crippen molar-refractivity contribution >= 4 is 34.4 Å². The number of carbonyl (C=O) groups excluding carboxylic acids is 1. The summed E-state index contributed by atoms with van der Waals surface area (Å²) in [6, 6.07) is 21.5. The first-order valence-electron chi connectivity index (χ1n) is 11.4. The summed E-state index contributed by atoms with van der Waals surface area (Å²) in [5.41, 5.74) is 1.79. The minimum Gasteiger partial charge on any atom is -0.488 e. The fraction of sp³-hybridized carbons (Fsp3) is 0.286. The fourth-order valence-corrected chi connectivity index (χ4v) is 4.49. The summed E-state index contributed by atoms with van der Waals surface area (Å²) >= 11 is 5.98. The van der Waals surface area contributed by atoms with Crippen LogP contribution in [0, 0.1) is 17.2 Å². The van der Waals surface area contributed by atoms with Crippen LogP contribution in [0.4, 0.5) is 0 Å². The van der Waals surface area contributed by atoms with Gasteiger partial charge in [-0.05, 0) is 59.4 Å². The molecule has 2 atom stereocenters. The van der Waals surface area contributed by atoms with Crippen molar-refractivity contribution in [1.82, 2.24) is 5.32 Å². The minimum absolute atomic E-state index is 0.0838. The van der Waals surface area contributed by atoms with E-state index in [0.717, 1.165) is 41.2 Å². The quantitative estimate of drug-likeness (QED) is 0.331. The zero-order valence-electron chi connectivity index (χ0n) is 18.7. The van der Waals surface area contributed by atoms with Gasteiger partial charge in [0.25, 0.3) is 5.91 Å². The summed E-state index contributed by atoms with van der Waals surface area (Å²) in [5.74, 6) is 0.710. The molecule has 3 aromatic carbocycles. The number of carbonyl (C=O) groups is 1. The molecule has 0 saturated heterocycles. The van der Waals surface area contributed by atoms with Crippen molar-refractivity contribution in [3.05, 3.63) is 82.4 Å². The van der Waals surface area contributed by atoms with Gasteiger partial charge in [0.2, 0.25) is 0 Å². The summed E-state index contributed by atoms with van der Waals surface area (Å²) in [4.78, 5) is 13.0. The third-order valence-corrected chi connectivity index (χ3v) is 6.57. The molecule has 0 spiro atoms. The first-order chi connectivity index (χ1) is 16.0. The number of hydrogen-bond acceptors (Lipinski definition) is 3. The fourth-order valence-electron chi connectivity index (χ4n) is 4.36. The maximum absolute atomic E-state index is 13.0. The van der Waals surface area contributed by atoms with Gasteiger partial charge in [0, 0.05) is 16.6 Å². The minimum atomic E-state index is -0.326. The highest BCUT2D eigenvalue weighted by molar-refractivity contribution is 6.30. The Morgan fingerprint density at radius 3 is 2.64 bits per heavy atom. The Morgan fingerprint density at radius 1 is 1.12 bits per heavy atom. The predicted molar refractivity (Wildman–Crippen MR) is 133 cm³/mol. The van der Waals surface area contributed by atoms with Crippen LogP contribution in [0.5, 0.6) is 5.75 Å². The van der Waals surface area contributed by atoms with Gasteiger partial charge in [-0.2, -0.15) is 5.26 Å². The van der Waals surface area contributed by atoms with E-state index < -0.39 is 0 Å². The molecule has 0 radical (unpaired) electrons. The van der Waals surface area contributed by atoms with Crippen molar-refractivity contribution in [2.75, 3.05) is 0 Å². The lowest BCUT2D eigenvalue weighted by molar-refractivity contribution is -0.118. The molecular weight excluding hydrogens is 432 g/mol. The number of nitriles is 1. The van der Waals surface area contributed by atoms with E-state index in [1.807, 2.05) is 60.7 Å². The molecule has 168 valence electrons. The van der Waals surface area contributed by atoms with Crippen LogP contribution >= 0.6 is 11.6 Å². The van der Waals surface area contributed by atoms with E-state index in [-0.39, 0.29) is 17.5 Å². The Bertz CT molecular complexity index is 1210. The lowest BCUT2D eigenvalue weighted by Crippen LogP contribution is -2.41. The van der Waals surface area contributed by atoms with Crippen LogP contribution in [0.3, 0.4) is 0 Å². The van der Waals surface area contributed by atoms with Crippen molar-refractivity contribution in [1.29, 1.82) is 5.26 Å². The van der Waals surface area contributed by atoms with E-state index in [1.165, 1.54) is 6.42 Å². The van der Waals surface area contributed by atoms with E-state index in [0.29, 0.717) is 23.3 Å². The SMILES string of the molecule is C[C@H]1CCCC[C@H]1NC(=O)/C(C#N)=C/c1c(OCc2ccc(Cl)cc2)ccc2ccccc12. The second-order valence-electron chi connectivity index (χ2n) is 8.63. The molecule has 4 rings (SSSR count). The van der Waals surface area contributed by atoms with Crippen molar-refractivity contribution in [2.45, 2.75) is 45.3 Å². The number of ether oxygens (including phenoxy) is 1. The Morgan fingerprint density at radius 2 is 1.88 bits per heavy atom. The van der Waals surface area contributed by atoms with Crippen LogP contribution in [0.2, 0.25) is 5.02 Å². The molecule has 1 saturated carbocycles. The van der Waals surface area contributed by atoms with E-state index >= 15 is 0 Å². The summed E-state index contributed by atoms with van der Waals surface area (Å²) < 4.78 is 6.13. The molecule has 1 fully saturated rings. The number of fused-ring (bicyclic) bond motifs is 1. The van der Waals surface area contributed by atoms with Crippen LogP contribution < -0.4 is 10.1 Å². The molecule has 0 heterocycles. The van der Waals surface area contributed by atoms with Crippen LogP contribution in [0.15, 0.2) is 66.2 Å². The second kappa shape index (κ2) is 10.6. The highest BCUT2D eigenvalue weighted by Gasteiger charge is 2.24. The van der Waals surface area contributed by atoms with Gasteiger partial charge in [-0.25, -0.2) is 0 Å². The van der Waals surface area contributed by atoms with E-state index in [4.69, 9.17) is 16.3 Å². The molecule has 3 aromatic rings. The molecule has 4 nitrogen and oxygen atoms in total. The van der Waals surface area contributed by atoms with E-state index in [1.54, 1.807) is 6.08 Å². The zero-order chi connectivity index (χ0) is 23.2. The Labute approximate surface area is 199 Å². The third-order valence-electron chi connectivity index (χ3n) is 6.32. The number of hydrogen-bond donors (Lipinski definition) is 1. The standard InChI is InChI=1S/C28H27ClN2O2/c1-19-6-2-5-9-26(19)31-28(32)22(17-30)16-25-24-8-4-3-7-21(24)12-15-27(25)33-18-20-10-13-23(29)14-11-20/h3-4,7-8,10-16,19,26H,2,5-6,9,18H2,1H3,(H,31,32)/b22-16+/t19-,26+/m0/s1. The summed E-state index contributed by atoms with van der Waals surface area (Å²) in [5, 5.41) is 15.5. The molecule has 0 bridgehead atoms. The molecular formula is C28H27ClN2O2. The first kappa shape index (κ1) is 22.9. The lowest BCUT2D eigenvalue weighted by atomic mass is 9.86. The average Bonchev–Trinajstić information content (AvgIpc) is 2.84. The van der Waals surface area contributed by atoms with Gasteiger partial charge in [-0.3, -0.25) is 4.79 Å². The number of halogens is 1. The monoisotopic (exact) mass is 458 g/mol. The third kappa shape index (κ3) is 5.56. The number of nitrogens with zero attached hydrogens (tertiary/aromatic N) is 1. The Kier molecular flexibility index (Phi) is 7.32. The topological polar surface area (TPSA) is 62.1 Å². The molecule has 0 aliphatic heterocycles.